The number of aromatic nitrogens is 3. The fourth-order valence-electron chi connectivity index (χ4n) is 8.19. The summed E-state index contributed by atoms with van der Waals surface area (Å²) in [5, 5.41) is 3.28. The summed E-state index contributed by atoms with van der Waals surface area (Å²) in [7, 11) is 0. The van der Waals surface area contributed by atoms with Crippen molar-refractivity contribution in [1.29, 1.82) is 0 Å². The molecule has 4 nitrogen and oxygen atoms in total. The van der Waals surface area contributed by atoms with Gasteiger partial charge in [-0.2, -0.15) is 0 Å². The normalized spacial score (nSPS) is 13.6. The highest BCUT2D eigenvalue weighted by Crippen LogP contribution is 2.62. The molecule has 0 atom stereocenters. The molecule has 9 aromatic rings. The fraction of sp³-hybridized carbons (Fsp3) is 0.0227. The summed E-state index contributed by atoms with van der Waals surface area (Å²) < 4.78 is 8.83. The van der Waals surface area contributed by atoms with Gasteiger partial charge in [-0.25, -0.2) is 9.97 Å². The van der Waals surface area contributed by atoms with E-state index < -0.39 is 5.41 Å². The zero-order chi connectivity index (χ0) is 32.1. The van der Waals surface area contributed by atoms with Crippen LogP contribution in [-0.4, -0.2) is 15.0 Å². The number of hydrogen-bond acceptors (Lipinski definition) is 5. The number of hydrogen-bond donors (Lipinski definition) is 0. The third-order valence-corrected chi connectivity index (χ3v) is 11.4. The van der Waals surface area contributed by atoms with E-state index in [0.29, 0.717) is 5.82 Å². The van der Waals surface area contributed by atoms with Crippen LogP contribution >= 0.6 is 11.3 Å². The van der Waals surface area contributed by atoms with Gasteiger partial charge in [0, 0.05) is 38.4 Å². The number of para-hydroxylation sites is 2. The van der Waals surface area contributed by atoms with E-state index in [2.05, 4.69) is 133 Å². The second kappa shape index (κ2) is 9.92. The van der Waals surface area contributed by atoms with Crippen LogP contribution in [0.1, 0.15) is 22.3 Å². The molecule has 0 saturated heterocycles. The molecule has 0 radical (unpaired) electrons. The summed E-state index contributed by atoms with van der Waals surface area (Å²) in [5.41, 5.74) is 10.4. The Morgan fingerprint density at radius 1 is 0.531 bits per heavy atom. The molecule has 228 valence electrons. The average molecular weight is 644 g/mol. The minimum Gasteiger partial charge on any atom is -0.457 e. The van der Waals surface area contributed by atoms with Crippen LogP contribution in [0.3, 0.4) is 0 Å². The van der Waals surface area contributed by atoms with Crippen LogP contribution in [0.2, 0.25) is 0 Å². The standard InChI is InChI=1S/C44H25N3OS/c1-2-12-28-26(11-1)23-24-45-41(28)43-46-39(42-40(47-43)31-14-4-10-20-38(31)49-42)27-21-22-30-29-13-3-5-15-32(29)44(35(30)25-27)33-16-6-8-18-36(33)48-37-19-9-7-17-34(37)44/h1-25H. The molecule has 0 amide bonds. The summed E-state index contributed by atoms with van der Waals surface area (Å²) in [6.07, 6.45) is 1.85. The minimum absolute atomic E-state index is 0.556. The van der Waals surface area contributed by atoms with Gasteiger partial charge in [0.15, 0.2) is 5.82 Å². The van der Waals surface area contributed by atoms with Crippen LogP contribution in [0.15, 0.2) is 152 Å². The molecule has 3 aromatic heterocycles. The maximum Gasteiger partial charge on any atom is 0.180 e. The van der Waals surface area contributed by atoms with Gasteiger partial charge in [-0.3, -0.25) is 4.98 Å². The topological polar surface area (TPSA) is 47.9 Å². The summed E-state index contributed by atoms with van der Waals surface area (Å²) in [6, 6.07) is 51.6. The molecule has 4 heterocycles. The molecule has 1 spiro atoms. The summed E-state index contributed by atoms with van der Waals surface area (Å²) in [4.78, 5) is 15.5. The first-order valence-electron chi connectivity index (χ1n) is 16.4. The van der Waals surface area contributed by atoms with E-state index in [-0.39, 0.29) is 0 Å². The Kier molecular flexibility index (Phi) is 5.44. The van der Waals surface area contributed by atoms with Gasteiger partial charge in [-0.1, -0.05) is 115 Å². The quantitative estimate of drug-likeness (QED) is 0.188. The number of ether oxygens (including phenoxy) is 1. The Bertz CT molecular complexity index is 2790. The number of benzene rings is 6. The van der Waals surface area contributed by atoms with E-state index >= 15 is 0 Å². The molecular formula is C44H25N3OS. The number of nitrogens with zero attached hydrogens (tertiary/aromatic N) is 3. The number of fused-ring (bicyclic) bond motifs is 13. The SMILES string of the molecule is c1ccc2c(c1)Oc1ccccc1C21c2ccccc2-c2ccc(-c3nc(-c4nccc5ccccc45)nc4c3sc3ccccc34)cc21. The van der Waals surface area contributed by atoms with Crippen LogP contribution in [0, 0.1) is 0 Å². The zero-order valence-corrected chi connectivity index (χ0v) is 26.9. The maximum atomic E-state index is 6.57. The molecule has 6 aromatic carbocycles. The highest BCUT2D eigenvalue weighted by molar-refractivity contribution is 7.26. The Morgan fingerprint density at radius 3 is 2.04 bits per heavy atom. The van der Waals surface area contributed by atoms with Crippen molar-refractivity contribution in [3.05, 3.63) is 174 Å². The van der Waals surface area contributed by atoms with Crippen LogP contribution < -0.4 is 4.74 Å². The van der Waals surface area contributed by atoms with E-state index in [1.165, 1.54) is 27.0 Å². The van der Waals surface area contributed by atoms with E-state index in [9.17, 15) is 0 Å². The summed E-state index contributed by atoms with van der Waals surface area (Å²) in [6.45, 7) is 0. The van der Waals surface area contributed by atoms with Gasteiger partial charge >= 0.3 is 0 Å². The van der Waals surface area contributed by atoms with Crippen molar-refractivity contribution in [2.24, 2.45) is 0 Å². The first kappa shape index (κ1) is 26.9. The second-order valence-corrected chi connectivity index (χ2v) is 13.8. The van der Waals surface area contributed by atoms with Crippen LogP contribution in [0.5, 0.6) is 11.5 Å². The van der Waals surface area contributed by atoms with E-state index in [4.69, 9.17) is 19.7 Å². The van der Waals surface area contributed by atoms with Crippen LogP contribution in [0.25, 0.3) is 65.0 Å². The van der Waals surface area contributed by atoms with Gasteiger partial charge in [0.2, 0.25) is 0 Å². The molecule has 0 unspecified atom stereocenters. The molecule has 0 saturated carbocycles. The van der Waals surface area contributed by atoms with Gasteiger partial charge in [-0.05, 0) is 58.0 Å². The van der Waals surface area contributed by atoms with Crippen molar-refractivity contribution < 1.29 is 4.74 Å². The lowest BCUT2D eigenvalue weighted by atomic mass is 9.66. The van der Waals surface area contributed by atoms with Gasteiger partial charge in [0.25, 0.3) is 0 Å². The molecule has 11 rings (SSSR count). The third kappa shape index (κ3) is 3.60. The zero-order valence-electron chi connectivity index (χ0n) is 26.1. The first-order chi connectivity index (χ1) is 24.3. The second-order valence-electron chi connectivity index (χ2n) is 12.7. The highest BCUT2D eigenvalue weighted by Gasteiger charge is 2.51. The molecule has 49 heavy (non-hydrogen) atoms. The lowest BCUT2D eigenvalue weighted by molar-refractivity contribution is 0.436. The largest absolute Gasteiger partial charge is 0.457 e. The molecule has 0 N–H and O–H groups in total. The van der Waals surface area contributed by atoms with E-state index in [1.807, 2.05) is 18.3 Å². The molecule has 1 aliphatic heterocycles. The van der Waals surface area contributed by atoms with E-state index in [1.54, 1.807) is 11.3 Å². The van der Waals surface area contributed by atoms with Crippen molar-refractivity contribution in [2.45, 2.75) is 5.41 Å². The highest BCUT2D eigenvalue weighted by atomic mass is 32.1. The molecular weight excluding hydrogens is 619 g/mol. The van der Waals surface area contributed by atoms with Crippen molar-refractivity contribution in [2.75, 3.05) is 0 Å². The first-order valence-corrected chi connectivity index (χ1v) is 17.3. The van der Waals surface area contributed by atoms with Crippen LogP contribution in [0.4, 0.5) is 0 Å². The van der Waals surface area contributed by atoms with Gasteiger partial charge < -0.3 is 4.74 Å². The van der Waals surface area contributed by atoms with Crippen molar-refractivity contribution in [1.82, 2.24) is 15.0 Å². The van der Waals surface area contributed by atoms with E-state index in [0.717, 1.165) is 66.0 Å². The van der Waals surface area contributed by atoms with Crippen molar-refractivity contribution >= 4 is 42.4 Å². The Hall–Kier alpha value is -6.17. The Labute approximate surface area is 286 Å². The number of rotatable bonds is 2. The number of thiophene rings is 1. The van der Waals surface area contributed by atoms with Gasteiger partial charge in [0.05, 0.1) is 21.3 Å². The monoisotopic (exact) mass is 643 g/mol. The predicted molar refractivity (Wildman–Crippen MR) is 198 cm³/mol. The predicted octanol–water partition coefficient (Wildman–Crippen LogP) is 11.2. The smallest absolute Gasteiger partial charge is 0.180 e. The Balaban J connectivity index is 1.24. The van der Waals surface area contributed by atoms with Gasteiger partial charge in [-0.15, -0.1) is 11.3 Å². The third-order valence-electron chi connectivity index (χ3n) is 10.2. The van der Waals surface area contributed by atoms with Crippen molar-refractivity contribution in [3.8, 4) is 45.4 Å². The minimum atomic E-state index is -0.556. The molecule has 2 aliphatic rings. The molecule has 0 bridgehead atoms. The summed E-state index contributed by atoms with van der Waals surface area (Å²) >= 11 is 1.75. The number of pyridine rings is 1. The fourth-order valence-corrected chi connectivity index (χ4v) is 9.35. The van der Waals surface area contributed by atoms with Crippen molar-refractivity contribution in [3.63, 3.8) is 0 Å². The maximum absolute atomic E-state index is 6.57. The summed E-state index contributed by atoms with van der Waals surface area (Å²) in [5.74, 6) is 2.39. The average Bonchev–Trinajstić information content (AvgIpc) is 3.68. The Morgan fingerprint density at radius 2 is 1.20 bits per heavy atom. The van der Waals surface area contributed by atoms with Crippen LogP contribution in [-0.2, 0) is 5.41 Å². The lowest BCUT2D eigenvalue weighted by Crippen LogP contribution is -2.32. The molecule has 5 heteroatoms. The lowest BCUT2D eigenvalue weighted by Gasteiger charge is -2.39. The molecule has 0 fully saturated rings. The molecule has 1 aliphatic carbocycles. The van der Waals surface area contributed by atoms with Gasteiger partial charge in [0.1, 0.15) is 17.2 Å².